The molecule has 1 aliphatic heterocycles. The van der Waals surface area contributed by atoms with Gasteiger partial charge in [0.05, 0.1) is 5.69 Å². The molecule has 2 rings (SSSR count). The first-order valence-electron chi connectivity index (χ1n) is 7.19. The number of amides is 1. The standard InChI is InChI=1S/C15H20F2N2O2/c1-10(15(20)19-6-4-2-3-5-7-19)21-14-9-11(16)13(18)8-12(14)17/h8-10H,2-7,18H2,1H3. The second-order valence-corrected chi connectivity index (χ2v) is 5.30. The summed E-state index contributed by atoms with van der Waals surface area (Å²) in [5.74, 6) is -2.03. The van der Waals surface area contributed by atoms with Crippen LogP contribution in [0.1, 0.15) is 32.6 Å². The quantitative estimate of drug-likeness (QED) is 0.873. The van der Waals surface area contributed by atoms with Crippen LogP contribution in [-0.4, -0.2) is 30.0 Å². The number of ether oxygens (including phenoxy) is 1. The lowest BCUT2D eigenvalue weighted by Gasteiger charge is -2.24. The Kier molecular flexibility index (Phi) is 4.98. The summed E-state index contributed by atoms with van der Waals surface area (Å²) >= 11 is 0. The number of benzene rings is 1. The molecule has 0 radical (unpaired) electrons. The number of anilines is 1. The first kappa shape index (κ1) is 15.5. The molecule has 4 nitrogen and oxygen atoms in total. The highest BCUT2D eigenvalue weighted by atomic mass is 19.1. The van der Waals surface area contributed by atoms with Gasteiger partial charge in [0.25, 0.3) is 5.91 Å². The molecule has 1 saturated heterocycles. The first-order valence-corrected chi connectivity index (χ1v) is 7.19. The third kappa shape index (κ3) is 3.83. The van der Waals surface area contributed by atoms with Crippen molar-refractivity contribution in [3.8, 4) is 5.75 Å². The Morgan fingerprint density at radius 1 is 1.19 bits per heavy atom. The van der Waals surface area contributed by atoms with E-state index in [-0.39, 0.29) is 17.3 Å². The molecule has 0 aliphatic carbocycles. The number of carbonyl (C=O) groups excluding carboxylic acids is 1. The van der Waals surface area contributed by atoms with Gasteiger partial charge >= 0.3 is 0 Å². The van der Waals surface area contributed by atoms with E-state index in [1.54, 1.807) is 11.8 Å². The summed E-state index contributed by atoms with van der Waals surface area (Å²) in [7, 11) is 0. The predicted octanol–water partition coefficient (Wildman–Crippen LogP) is 2.72. The lowest BCUT2D eigenvalue weighted by Crippen LogP contribution is -2.41. The van der Waals surface area contributed by atoms with Gasteiger partial charge in [-0.15, -0.1) is 0 Å². The van der Waals surface area contributed by atoms with Crippen LogP contribution < -0.4 is 10.5 Å². The third-order valence-electron chi connectivity index (χ3n) is 3.62. The second-order valence-electron chi connectivity index (χ2n) is 5.30. The fraction of sp³-hybridized carbons (Fsp3) is 0.533. The van der Waals surface area contributed by atoms with Gasteiger partial charge < -0.3 is 15.4 Å². The molecule has 1 aromatic rings. The van der Waals surface area contributed by atoms with Crippen molar-refractivity contribution in [2.75, 3.05) is 18.8 Å². The molecule has 0 aromatic heterocycles. The molecule has 116 valence electrons. The van der Waals surface area contributed by atoms with Crippen molar-refractivity contribution in [1.29, 1.82) is 0 Å². The molecule has 21 heavy (non-hydrogen) atoms. The van der Waals surface area contributed by atoms with Crippen molar-refractivity contribution >= 4 is 11.6 Å². The minimum Gasteiger partial charge on any atom is -0.478 e. The summed E-state index contributed by atoms with van der Waals surface area (Å²) in [5.41, 5.74) is 4.98. The minimum atomic E-state index is -0.861. The normalized spacial score (nSPS) is 17.2. The van der Waals surface area contributed by atoms with E-state index in [0.717, 1.165) is 37.8 Å². The summed E-state index contributed by atoms with van der Waals surface area (Å²) in [6.07, 6.45) is 3.28. The molecular weight excluding hydrogens is 278 g/mol. The van der Waals surface area contributed by atoms with Crippen molar-refractivity contribution in [3.63, 3.8) is 0 Å². The SMILES string of the molecule is CC(Oc1cc(F)c(N)cc1F)C(=O)N1CCCCCC1. The minimum absolute atomic E-state index is 0.200. The zero-order valence-corrected chi connectivity index (χ0v) is 12.1. The van der Waals surface area contributed by atoms with E-state index in [1.165, 1.54) is 0 Å². The summed E-state index contributed by atoms with van der Waals surface area (Å²) in [6.45, 7) is 2.91. The van der Waals surface area contributed by atoms with E-state index in [2.05, 4.69) is 0 Å². The number of rotatable bonds is 3. The molecule has 0 bridgehead atoms. The van der Waals surface area contributed by atoms with Crippen LogP contribution in [0.4, 0.5) is 14.5 Å². The highest BCUT2D eigenvalue weighted by Crippen LogP contribution is 2.24. The van der Waals surface area contributed by atoms with Crippen molar-refractivity contribution in [2.24, 2.45) is 0 Å². The Hall–Kier alpha value is -1.85. The monoisotopic (exact) mass is 298 g/mol. The Morgan fingerprint density at radius 2 is 1.81 bits per heavy atom. The molecule has 0 saturated carbocycles. The number of hydrogen-bond acceptors (Lipinski definition) is 3. The highest BCUT2D eigenvalue weighted by Gasteiger charge is 2.24. The van der Waals surface area contributed by atoms with Crippen molar-refractivity contribution in [2.45, 2.75) is 38.7 Å². The molecule has 1 unspecified atom stereocenters. The van der Waals surface area contributed by atoms with E-state index in [4.69, 9.17) is 10.5 Å². The maximum Gasteiger partial charge on any atom is 0.263 e. The molecule has 0 spiro atoms. The molecule has 2 N–H and O–H groups in total. The Labute approximate surface area is 122 Å². The number of nitrogen functional groups attached to an aromatic ring is 1. The van der Waals surface area contributed by atoms with E-state index < -0.39 is 17.7 Å². The third-order valence-corrected chi connectivity index (χ3v) is 3.62. The zero-order valence-electron chi connectivity index (χ0n) is 12.1. The van der Waals surface area contributed by atoms with Gasteiger partial charge in [-0.25, -0.2) is 8.78 Å². The van der Waals surface area contributed by atoms with Gasteiger partial charge in [0, 0.05) is 25.2 Å². The average Bonchev–Trinajstić information content (AvgIpc) is 2.72. The lowest BCUT2D eigenvalue weighted by molar-refractivity contribution is -0.137. The average molecular weight is 298 g/mol. The largest absolute Gasteiger partial charge is 0.478 e. The van der Waals surface area contributed by atoms with E-state index in [0.29, 0.717) is 13.1 Å². The van der Waals surface area contributed by atoms with E-state index in [1.807, 2.05) is 0 Å². The molecular formula is C15H20F2N2O2. The Balaban J connectivity index is 2.04. The number of nitrogens with two attached hydrogens (primary N) is 1. The number of carbonyl (C=O) groups is 1. The van der Waals surface area contributed by atoms with E-state index in [9.17, 15) is 13.6 Å². The molecule has 1 aromatic carbocycles. The predicted molar refractivity (Wildman–Crippen MR) is 75.9 cm³/mol. The summed E-state index contributed by atoms with van der Waals surface area (Å²) < 4.78 is 32.3. The van der Waals surface area contributed by atoms with Crippen LogP contribution in [0.2, 0.25) is 0 Å². The van der Waals surface area contributed by atoms with Gasteiger partial charge in [0.2, 0.25) is 0 Å². The van der Waals surface area contributed by atoms with E-state index >= 15 is 0 Å². The molecule has 6 heteroatoms. The Morgan fingerprint density at radius 3 is 2.43 bits per heavy atom. The number of halogens is 2. The molecule has 1 fully saturated rings. The highest BCUT2D eigenvalue weighted by molar-refractivity contribution is 5.81. The summed E-state index contributed by atoms with van der Waals surface area (Å²) in [6, 6.07) is 1.73. The summed E-state index contributed by atoms with van der Waals surface area (Å²) in [5, 5.41) is 0. The topological polar surface area (TPSA) is 55.6 Å². The smallest absolute Gasteiger partial charge is 0.263 e. The van der Waals surface area contributed by atoms with Crippen molar-refractivity contribution in [3.05, 3.63) is 23.8 Å². The number of hydrogen-bond donors (Lipinski definition) is 1. The van der Waals surface area contributed by atoms with Crippen LogP contribution in [0, 0.1) is 11.6 Å². The Bertz CT molecular complexity index is 515. The van der Waals surface area contributed by atoms with Crippen molar-refractivity contribution < 1.29 is 18.3 Å². The van der Waals surface area contributed by atoms with Gasteiger partial charge in [0.1, 0.15) is 5.82 Å². The van der Waals surface area contributed by atoms with Crippen LogP contribution in [0.15, 0.2) is 12.1 Å². The van der Waals surface area contributed by atoms with Gasteiger partial charge in [-0.05, 0) is 19.8 Å². The van der Waals surface area contributed by atoms with Crippen LogP contribution in [0.25, 0.3) is 0 Å². The first-order chi connectivity index (χ1) is 9.99. The zero-order chi connectivity index (χ0) is 15.4. The lowest BCUT2D eigenvalue weighted by atomic mass is 10.2. The maximum absolute atomic E-state index is 13.7. The molecule has 1 atom stereocenters. The van der Waals surface area contributed by atoms with Crippen LogP contribution in [0.3, 0.4) is 0 Å². The molecule has 1 aliphatic rings. The molecule has 1 amide bonds. The molecule has 1 heterocycles. The van der Waals surface area contributed by atoms with Gasteiger partial charge in [-0.3, -0.25) is 4.79 Å². The number of likely N-dealkylation sites (tertiary alicyclic amines) is 1. The second kappa shape index (κ2) is 6.74. The van der Waals surface area contributed by atoms with Gasteiger partial charge in [-0.2, -0.15) is 0 Å². The number of nitrogens with zero attached hydrogens (tertiary/aromatic N) is 1. The van der Waals surface area contributed by atoms with Crippen molar-refractivity contribution in [1.82, 2.24) is 4.90 Å². The maximum atomic E-state index is 13.7. The summed E-state index contributed by atoms with van der Waals surface area (Å²) in [4.78, 5) is 14.0. The van der Waals surface area contributed by atoms with Crippen LogP contribution in [-0.2, 0) is 4.79 Å². The fourth-order valence-electron chi connectivity index (χ4n) is 2.42. The van der Waals surface area contributed by atoms with Gasteiger partial charge in [-0.1, -0.05) is 12.8 Å². The van der Waals surface area contributed by atoms with Crippen LogP contribution >= 0.6 is 0 Å². The fourth-order valence-corrected chi connectivity index (χ4v) is 2.42. The van der Waals surface area contributed by atoms with Crippen LogP contribution in [0.5, 0.6) is 5.75 Å². The van der Waals surface area contributed by atoms with Gasteiger partial charge in [0.15, 0.2) is 17.7 Å².